The number of fused-ring (bicyclic) bond motifs is 1. The fourth-order valence-corrected chi connectivity index (χ4v) is 12.6. The summed E-state index contributed by atoms with van der Waals surface area (Å²) in [7, 11) is 1.04. The van der Waals surface area contributed by atoms with E-state index in [2.05, 4.69) is 64.9 Å². The molecular weight excluding hydrogens is 1580 g/mol. The van der Waals surface area contributed by atoms with Crippen molar-refractivity contribution in [1.82, 2.24) is 4.90 Å². The number of nitrogens with zero attached hydrogens (tertiary/aromatic N) is 14. The van der Waals surface area contributed by atoms with Gasteiger partial charge in [0.2, 0.25) is 70.8 Å². The third-order valence-electron chi connectivity index (χ3n) is 19.0. The van der Waals surface area contributed by atoms with Crippen LogP contribution in [0.3, 0.4) is 0 Å². The summed E-state index contributed by atoms with van der Waals surface area (Å²) < 4.78 is 4.84. The molecule has 2 aliphatic rings. The Morgan fingerprint density at radius 3 is 1.55 bits per heavy atom. The lowest BCUT2D eigenvalue weighted by atomic mass is 10.0. The Bertz CT molecular complexity index is 4670. The van der Waals surface area contributed by atoms with Gasteiger partial charge in [-0.2, -0.15) is 0 Å². The third-order valence-corrected chi connectivity index (χ3v) is 19.0. The summed E-state index contributed by atoms with van der Waals surface area (Å²) in [6, 6.07) is 12.3. The Morgan fingerprint density at radius 2 is 0.992 bits per heavy atom. The van der Waals surface area contributed by atoms with Crippen LogP contribution in [-0.2, 0) is 56.0 Å². The Balaban J connectivity index is 1.42. The second-order valence-electron chi connectivity index (χ2n) is 28.3. The van der Waals surface area contributed by atoms with Crippen LogP contribution in [0.15, 0.2) is 204 Å². The van der Waals surface area contributed by atoms with Crippen molar-refractivity contribution in [2.24, 2.45) is 64.9 Å². The number of hydrogen-bond acceptors (Lipinski definition) is 23. The average molecular weight is 1680 g/mol. The second kappa shape index (κ2) is 47.2. The molecule has 20 N–H and O–H groups in total. The van der Waals surface area contributed by atoms with Crippen LogP contribution in [0, 0.1) is 0 Å². The quantitative estimate of drug-likeness (QED) is 0.0126. The van der Waals surface area contributed by atoms with E-state index in [1.165, 1.54) is 55.5 Å². The van der Waals surface area contributed by atoms with Crippen LogP contribution in [0.1, 0.15) is 99.5 Å². The van der Waals surface area contributed by atoms with Crippen LogP contribution in [0.25, 0.3) is 0 Å². The fraction of sp³-hybridized carbons (Fsp3) is 0.427. The molecule has 39 nitrogen and oxygen atoms in total. The van der Waals surface area contributed by atoms with Crippen molar-refractivity contribution in [1.29, 1.82) is 0 Å². The zero-order valence-corrected chi connectivity index (χ0v) is 66.3. The number of aliphatic imine (C=N–C) groups is 13. The fourth-order valence-electron chi connectivity index (χ4n) is 12.6. The molecule has 2 heterocycles. The summed E-state index contributed by atoms with van der Waals surface area (Å²) in [5, 5.41) is 226. The first kappa shape index (κ1) is 94.7. The van der Waals surface area contributed by atoms with Crippen LogP contribution in [0.5, 0.6) is 11.5 Å². The van der Waals surface area contributed by atoms with Gasteiger partial charge in [-0.1, -0.05) is 115 Å². The number of carboxylic acid groups (broad SMARTS) is 2. The maximum Gasteiger partial charge on any atom is 0.328 e. The van der Waals surface area contributed by atoms with Gasteiger partial charge < -0.3 is 112 Å². The van der Waals surface area contributed by atoms with Crippen LogP contribution >= 0.6 is 0 Å². The highest BCUT2D eigenvalue weighted by Crippen LogP contribution is 2.26. The lowest BCUT2D eigenvalue weighted by molar-refractivity contribution is -0.141. The van der Waals surface area contributed by atoms with Gasteiger partial charge >= 0.3 is 17.9 Å². The highest BCUT2D eigenvalue weighted by Gasteiger charge is 2.39. The number of carbonyl (C=O) groups excluding carboxylic acids is 2. The number of methoxy groups -OCH3 is 1. The first-order chi connectivity index (χ1) is 57.7. The lowest BCUT2D eigenvalue weighted by Gasteiger charge is -2.27. The minimum atomic E-state index is -2.09. The van der Waals surface area contributed by atoms with Gasteiger partial charge in [-0.15, -0.1) is 0 Å². The number of rotatable bonds is 30. The number of esters is 1. The van der Waals surface area contributed by atoms with Crippen molar-refractivity contribution in [3.8, 4) is 11.5 Å². The van der Waals surface area contributed by atoms with Crippen LogP contribution in [0.4, 0.5) is 0 Å². The van der Waals surface area contributed by atoms with Gasteiger partial charge in [-0.25, -0.2) is 64.7 Å². The number of aliphatic carboxylic acids is 2. The molecule has 121 heavy (non-hydrogen) atoms. The Kier molecular flexibility index (Phi) is 37.0. The zero-order chi connectivity index (χ0) is 88.4. The minimum Gasteiger partial charge on any atom is -0.508 e. The van der Waals surface area contributed by atoms with E-state index in [0.29, 0.717) is 27.8 Å². The molecule has 0 aromatic heterocycles. The summed E-state index contributed by atoms with van der Waals surface area (Å²) in [4.78, 5) is 109. The van der Waals surface area contributed by atoms with Crippen molar-refractivity contribution >= 4 is 100 Å². The molecule has 14 atom stereocenters. The number of carbonyl (C=O) groups is 4. The Hall–Kier alpha value is -13.4. The first-order valence-electron chi connectivity index (χ1n) is 38.5. The summed E-state index contributed by atoms with van der Waals surface area (Å²) in [5.41, 5.74) is 2.10. The minimum absolute atomic E-state index is 0.0212. The van der Waals surface area contributed by atoms with Crippen LogP contribution in [0.2, 0.25) is 0 Å². The first-order valence-corrected chi connectivity index (χ1v) is 38.5. The standard InChI is InChI=1S/C82H102N14O25/c1-45(99)69(95-78(115)64(44-98)93-72(109)56(84-46(2)100)36-47-16-7-4-8-17-47)80(117)90-58(38-50-24-28-52(101)29-25-50)74(111)85-54-22-13-14-34-83-66(103)41-59(75(112)92-62(82(119)120)40-49-20-11-6-12-21-49)88-71(108)55(32-33-68(106)121-3)86-73(110)57(37-48-18-9-5-10-19-48)87-76(113)60(42-67(104)105)89-77(114)63(43-97)94-79(116)65-23-15-35-96(65)81(118)61(91-70(54)107)39-51-26-30-53(102)31-27-51/h4-12,16-21,24-31,45,54-65,69,97-99,101-102H,13-15,22-23,32-44H2,1-3H3,(H,83,103)(H,84,100)(H,85,111)(H,86,110)(H,87,113)(H,88,108)(H,89,114)(H,90,117)(H,91,107)(H,92,112)(H,93,109)(H,94,116)(H,95,115)(H,104,105)(H,119,120)/t45-,54-,55+,56?,57-,58-,59?,60?,61?,62?,63-,64?,65-,69-/m0/s1. The van der Waals surface area contributed by atoms with E-state index < -0.39 is 230 Å². The lowest BCUT2D eigenvalue weighted by Crippen LogP contribution is -2.46. The van der Waals surface area contributed by atoms with Gasteiger partial charge in [0.15, 0.2) is 36.0 Å². The molecule has 0 bridgehead atoms. The van der Waals surface area contributed by atoms with E-state index in [1.807, 2.05) is 0 Å². The maximum atomic E-state index is 15.3. The molecule has 650 valence electrons. The van der Waals surface area contributed by atoms with Gasteiger partial charge in [-0.05, 0) is 97.5 Å². The Morgan fingerprint density at radius 1 is 0.504 bits per heavy atom. The summed E-state index contributed by atoms with van der Waals surface area (Å²) in [6.45, 7) is -0.346. The van der Waals surface area contributed by atoms with Crippen molar-refractivity contribution in [3.05, 3.63) is 167 Å². The van der Waals surface area contributed by atoms with E-state index in [1.54, 1.807) is 91.0 Å². The maximum absolute atomic E-state index is 15.3. The topological polar surface area (TPSA) is 646 Å². The molecule has 39 heteroatoms. The molecule has 5 aromatic rings. The average Bonchev–Trinajstić information content (AvgIpc) is 1.73. The second-order valence-corrected chi connectivity index (χ2v) is 28.3. The molecule has 1 saturated heterocycles. The van der Waals surface area contributed by atoms with Gasteiger partial charge in [0.05, 0.1) is 39.3 Å². The highest BCUT2D eigenvalue weighted by atomic mass is 16.5. The van der Waals surface area contributed by atoms with Crippen molar-refractivity contribution in [2.75, 3.05) is 33.4 Å². The van der Waals surface area contributed by atoms with E-state index in [9.17, 15) is 117 Å². The molecule has 0 radical (unpaired) electrons. The largest absolute Gasteiger partial charge is 0.508 e. The number of ether oxygens (including phenoxy) is 1. The number of aliphatic hydroxyl groups excluding tert-OH is 16. The molecule has 5 aromatic carbocycles. The number of hydrogen-bond donors (Lipinski definition) is 20. The molecule has 1 fully saturated rings. The smallest absolute Gasteiger partial charge is 0.328 e. The number of phenolic OH excluding ortho intramolecular Hbond substituents is 2. The van der Waals surface area contributed by atoms with E-state index in [4.69, 9.17) is 4.74 Å². The Labute approximate surface area is 694 Å². The zero-order valence-electron chi connectivity index (χ0n) is 66.3. The number of aromatic hydroxyl groups is 2. The van der Waals surface area contributed by atoms with E-state index in [-0.39, 0.29) is 82.4 Å². The van der Waals surface area contributed by atoms with Gasteiger partial charge in [0.25, 0.3) is 0 Å². The monoisotopic (exact) mass is 1680 g/mol. The number of benzene rings is 5. The van der Waals surface area contributed by atoms with Gasteiger partial charge in [-0.3, -0.25) is 19.4 Å². The SMILES string of the molecule is COC(=O)CC[C@H]1N=C(O)[C@H](Cc2ccccc2)N=C(O)C(CC(=O)O)N=C(O)[C@H](CO)N=C(O)[C@@H]2CCCN2C(=O)C(Cc2ccc(O)cc2)N=C(O)[C@@H](N=C(O)[C@H](Cc2ccc(O)cc2)N=C(O)[C@@H](N=C(O)C(CO)N=C(O)C(Cc2ccccc2)N=C(C)O)[C@H](C)O)CCCCN=C(O)CC(C(O)=NC(Cc2ccccc2)C(=O)O)N=C1O. The van der Waals surface area contributed by atoms with Crippen LogP contribution in [-0.4, -0.2) is 326 Å². The van der Waals surface area contributed by atoms with Gasteiger partial charge in [0.1, 0.15) is 65.9 Å². The number of phenols is 2. The van der Waals surface area contributed by atoms with Crippen molar-refractivity contribution in [3.63, 3.8) is 0 Å². The molecule has 2 aliphatic heterocycles. The molecule has 0 spiro atoms. The molecule has 0 aliphatic carbocycles. The summed E-state index contributed by atoms with van der Waals surface area (Å²) >= 11 is 0. The highest BCUT2D eigenvalue weighted by molar-refractivity contribution is 5.98. The van der Waals surface area contributed by atoms with Gasteiger partial charge in [0, 0.05) is 58.5 Å². The third kappa shape index (κ3) is 30.5. The number of carboxylic acids is 2. The normalized spacial score (nSPS) is 22.1. The molecule has 0 saturated carbocycles. The number of aliphatic hydroxyl groups is 16. The van der Waals surface area contributed by atoms with Crippen molar-refractivity contribution in [2.45, 2.75) is 188 Å². The molecule has 1 amide bonds. The summed E-state index contributed by atoms with van der Waals surface area (Å²) in [5.74, 6) is -18.2. The van der Waals surface area contributed by atoms with E-state index in [0.717, 1.165) is 18.9 Å². The predicted molar refractivity (Wildman–Crippen MR) is 451 cm³/mol. The predicted octanol–water partition coefficient (Wildman–Crippen LogP) is 6.93. The van der Waals surface area contributed by atoms with Crippen LogP contribution < -0.4 is 0 Å². The number of amides is 1. The molecule has 7 rings (SSSR count). The van der Waals surface area contributed by atoms with E-state index >= 15 is 4.79 Å². The van der Waals surface area contributed by atoms with Crippen molar-refractivity contribution < 1.29 is 126 Å². The molecule has 6 unspecified atom stereocenters. The summed E-state index contributed by atoms with van der Waals surface area (Å²) in [6.07, 6.45) is -6.95. The molecular formula is C82H102N14O25.